The van der Waals surface area contributed by atoms with Gasteiger partial charge in [-0.25, -0.2) is 0 Å². The fourth-order valence-electron chi connectivity index (χ4n) is 6.48. The molecule has 4 nitrogen and oxygen atoms in total. The fourth-order valence-corrected chi connectivity index (χ4v) is 6.70. The van der Waals surface area contributed by atoms with Crippen LogP contribution < -0.4 is 10.1 Å². The monoisotopic (exact) mass is 484 g/mol. The van der Waals surface area contributed by atoms with E-state index in [-0.39, 0.29) is 23.2 Å². The van der Waals surface area contributed by atoms with E-state index < -0.39 is 0 Å². The summed E-state index contributed by atoms with van der Waals surface area (Å²) in [6.45, 7) is 0.801. The first-order valence-corrected chi connectivity index (χ1v) is 12.7. The Labute approximate surface area is 210 Å². The zero-order chi connectivity index (χ0) is 24.0. The third kappa shape index (κ3) is 3.76. The number of nitrogens with one attached hydrogen (secondary N) is 2. The maximum Gasteiger partial charge on any atom is 0.154 e. The second-order valence-electron chi connectivity index (χ2n) is 9.93. The molecule has 2 aliphatic rings. The first-order chi connectivity index (χ1) is 17.1. The number of piperidine rings is 1. The molecule has 178 valence electrons. The van der Waals surface area contributed by atoms with Crippen LogP contribution in [0.3, 0.4) is 0 Å². The number of carbonyl (C=O) groups is 1. The van der Waals surface area contributed by atoms with Gasteiger partial charge in [-0.1, -0.05) is 66.2 Å². The molecule has 1 saturated heterocycles. The van der Waals surface area contributed by atoms with Gasteiger partial charge >= 0.3 is 0 Å². The molecule has 2 N–H and O–H groups in total. The molecule has 0 spiro atoms. The molecule has 3 aromatic carbocycles. The highest BCUT2D eigenvalue weighted by molar-refractivity contribution is 6.35. The highest BCUT2D eigenvalue weighted by atomic mass is 35.5. The number of H-pyrrole nitrogens is 1. The molecule has 1 fully saturated rings. The molecule has 2 unspecified atom stereocenters. The van der Waals surface area contributed by atoms with E-state index in [9.17, 15) is 4.79 Å². The number of carbonyl (C=O) groups excluding carboxylic acids is 1. The molecular formula is C30H29ClN2O2. The number of hydrogen-bond donors (Lipinski definition) is 2. The number of fused-ring (bicyclic) bond motifs is 4. The molecule has 2 heterocycles. The van der Waals surface area contributed by atoms with Gasteiger partial charge in [0.15, 0.2) is 5.78 Å². The molecule has 6 rings (SSSR count). The molecule has 1 aliphatic carbocycles. The molecule has 0 amide bonds. The average molecular weight is 485 g/mol. The number of methoxy groups -OCH3 is 1. The Morgan fingerprint density at radius 3 is 2.74 bits per heavy atom. The maximum absolute atomic E-state index is 13.8. The van der Waals surface area contributed by atoms with Crippen molar-refractivity contribution in [3.8, 4) is 5.75 Å². The summed E-state index contributed by atoms with van der Waals surface area (Å²) in [6.07, 6.45) is 3.07. The number of benzene rings is 3. The van der Waals surface area contributed by atoms with Crippen LogP contribution in [-0.4, -0.2) is 30.5 Å². The van der Waals surface area contributed by atoms with Crippen LogP contribution in [0.25, 0.3) is 10.9 Å². The van der Waals surface area contributed by atoms with Gasteiger partial charge in [0.2, 0.25) is 0 Å². The summed E-state index contributed by atoms with van der Waals surface area (Å²) in [5.74, 6) is 1.24. The summed E-state index contributed by atoms with van der Waals surface area (Å²) in [4.78, 5) is 17.4. The first-order valence-electron chi connectivity index (χ1n) is 12.3. The number of para-hydroxylation sites is 1. The van der Waals surface area contributed by atoms with Crippen LogP contribution >= 0.6 is 11.6 Å². The number of aromatic amines is 1. The van der Waals surface area contributed by atoms with Gasteiger partial charge in [-0.3, -0.25) is 4.79 Å². The molecule has 1 aliphatic heterocycles. The molecule has 3 atom stereocenters. The largest absolute Gasteiger partial charge is 0.497 e. The second-order valence-corrected chi connectivity index (χ2v) is 10.3. The summed E-state index contributed by atoms with van der Waals surface area (Å²) in [6, 6.07) is 24.4. The van der Waals surface area contributed by atoms with Crippen molar-refractivity contribution in [2.24, 2.45) is 5.92 Å². The van der Waals surface area contributed by atoms with E-state index in [1.54, 1.807) is 7.11 Å². The van der Waals surface area contributed by atoms with Crippen molar-refractivity contribution in [2.45, 2.75) is 37.1 Å². The van der Waals surface area contributed by atoms with Crippen LogP contribution in [-0.2, 0) is 29.5 Å². The van der Waals surface area contributed by atoms with E-state index in [1.165, 1.54) is 22.2 Å². The van der Waals surface area contributed by atoms with Crippen LogP contribution in [0.4, 0.5) is 0 Å². The van der Waals surface area contributed by atoms with Gasteiger partial charge in [0.25, 0.3) is 0 Å². The number of ether oxygens (including phenoxy) is 1. The van der Waals surface area contributed by atoms with E-state index in [0.29, 0.717) is 6.42 Å². The van der Waals surface area contributed by atoms with Crippen molar-refractivity contribution in [1.29, 1.82) is 0 Å². The number of rotatable bonds is 5. The molecule has 0 saturated carbocycles. The predicted molar refractivity (Wildman–Crippen MR) is 140 cm³/mol. The molecule has 0 bridgehead atoms. The fraction of sp³-hybridized carbons (Fsp3) is 0.300. The number of hydrogen-bond acceptors (Lipinski definition) is 3. The third-order valence-electron chi connectivity index (χ3n) is 8.16. The predicted octanol–water partition coefficient (Wildman–Crippen LogP) is 5.66. The Morgan fingerprint density at radius 2 is 1.91 bits per heavy atom. The van der Waals surface area contributed by atoms with Crippen molar-refractivity contribution < 1.29 is 9.53 Å². The maximum atomic E-state index is 13.8. The minimum Gasteiger partial charge on any atom is -0.497 e. The minimum atomic E-state index is -0.215. The molecule has 35 heavy (non-hydrogen) atoms. The Balaban J connectivity index is 1.47. The molecular weight excluding hydrogens is 456 g/mol. The third-order valence-corrected chi connectivity index (χ3v) is 8.47. The summed E-state index contributed by atoms with van der Waals surface area (Å²) in [5.41, 5.74) is 5.68. The lowest BCUT2D eigenvalue weighted by Crippen LogP contribution is -2.60. The molecule has 4 aromatic rings. The van der Waals surface area contributed by atoms with Crippen molar-refractivity contribution in [2.75, 3.05) is 13.7 Å². The van der Waals surface area contributed by atoms with Gasteiger partial charge in [0.05, 0.1) is 23.7 Å². The van der Waals surface area contributed by atoms with E-state index in [1.807, 2.05) is 48.5 Å². The van der Waals surface area contributed by atoms with E-state index in [4.69, 9.17) is 16.3 Å². The highest BCUT2D eigenvalue weighted by Gasteiger charge is 2.52. The van der Waals surface area contributed by atoms with Gasteiger partial charge in [-0.05, 0) is 66.6 Å². The second kappa shape index (κ2) is 8.85. The number of Topliss-reactive ketones (excluding diaryl/α,β-unsaturated/α-hetero) is 1. The smallest absolute Gasteiger partial charge is 0.154 e. The summed E-state index contributed by atoms with van der Waals surface area (Å²) < 4.78 is 5.60. The summed E-state index contributed by atoms with van der Waals surface area (Å²) in [7, 11) is 1.71. The van der Waals surface area contributed by atoms with Gasteiger partial charge in [0.1, 0.15) is 5.75 Å². The number of ketones is 1. The first kappa shape index (κ1) is 22.4. The van der Waals surface area contributed by atoms with Crippen molar-refractivity contribution in [3.63, 3.8) is 0 Å². The van der Waals surface area contributed by atoms with E-state index in [0.717, 1.165) is 47.7 Å². The van der Waals surface area contributed by atoms with Crippen LogP contribution in [0.2, 0.25) is 5.02 Å². The zero-order valence-corrected chi connectivity index (χ0v) is 20.6. The Hall–Kier alpha value is -3.08. The van der Waals surface area contributed by atoms with Gasteiger partial charge in [0, 0.05) is 22.9 Å². The quantitative estimate of drug-likeness (QED) is 0.384. The van der Waals surface area contributed by atoms with Crippen LogP contribution in [0.15, 0.2) is 72.8 Å². The van der Waals surface area contributed by atoms with E-state index >= 15 is 0 Å². The van der Waals surface area contributed by atoms with Crippen molar-refractivity contribution in [1.82, 2.24) is 10.3 Å². The lowest BCUT2D eigenvalue weighted by atomic mass is 9.56. The summed E-state index contributed by atoms with van der Waals surface area (Å²) in [5, 5.41) is 5.54. The lowest BCUT2D eigenvalue weighted by molar-refractivity contribution is -0.123. The molecule has 1 aromatic heterocycles. The van der Waals surface area contributed by atoms with Crippen LogP contribution in [0.5, 0.6) is 5.75 Å². The van der Waals surface area contributed by atoms with Gasteiger partial charge in [-0.15, -0.1) is 0 Å². The van der Waals surface area contributed by atoms with Crippen molar-refractivity contribution >= 4 is 28.3 Å². The Morgan fingerprint density at radius 1 is 1.09 bits per heavy atom. The van der Waals surface area contributed by atoms with Crippen LogP contribution in [0, 0.1) is 5.92 Å². The van der Waals surface area contributed by atoms with E-state index in [2.05, 4.69) is 34.6 Å². The Bertz CT molecular complexity index is 1400. The highest BCUT2D eigenvalue weighted by Crippen LogP contribution is 2.50. The number of aromatic nitrogens is 1. The van der Waals surface area contributed by atoms with Crippen molar-refractivity contribution in [3.05, 3.63) is 100 Å². The van der Waals surface area contributed by atoms with Gasteiger partial charge < -0.3 is 15.0 Å². The zero-order valence-electron chi connectivity index (χ0n) is 19.8. The molecule has 0 radical (unpaired) electrons. The normalized spacial score (nSPS) is 23.5. The molecule has 5 heteroatoms. The SMILES string of the molecule is COc1cccc([C@]23CCNC(C(=O)Cc4ccccc4)C2Cc2c([nH]c4c(Cl)cccc24)C3)c1. The van der Waals surface area contributed by atoms with Gasteiger partial charge in [-0.2, -0.15) is 0 Å². The van der Waals surface area contributed by atoms with Crippen LogP contribution in [0.1, 0.15) is 28.8 Å². The Kier molecular flexibility index (Phi) is 5.66. The standard InChI is InChI=1S/C30H29ClN2O2/c1-35-21-10-5-9-20(16-21)30-13-14-32-29(27(34)15-19-7-3-2-4-8-19)24(30)17-23-22-11-6-12-25(31)28(22)33-26(23)18-30/h2-12,16,24,29,32-33H,13-15,17-18H2,1H3/t24?,29?,30-/m1/s1. The topological polar surface area (TPSA) is 54.1 Å². The summed E-state index contributed by atoms with van der Waals surface area (Å²) >= 11 is 6.58. The minimum absolute atomic E-state index is 0.130. The lowest BCUT2D eigenvalue weighted by Gasteiger charge is -2.51. The number of halogens is 1. The average Bonchev–Trinajstić information content (AvgIpc) is 3.26.